The van der Waals surface area contributed by atoms with Crippen molar-refractivity contribution in [1.29, 1.82) is 0 Å². The van der Waals surface area contributed by atoms with Crippen molar-refractivity contribution in [2.75, 3.05) is 5.32 Å². The minimum absolute atomic E-state index is 0.288. The van der Waals surface area contributed by atoms with Gasteiger partial charge >= 0.3 is 0 Å². The Morgan fingerprint density at radius 1 is 1.16 bits per heavy atom. The maximum Gasteiger partial charge on any atom is 0.244 e. The normalized spacial score (nSPS) is 15.0. The minimum atomic E-state index is -4.24. The second-order valence-corrected chi connectivity index (χ2v) is 9.70. The number of anilines is 1. The molecule has 1 fully saturated rings. The first kappa shape index (κ1) is 22.0. The third-order valence-corrected chi connectivity index (χ3v) is 6.61. The van der Waals surface area contributed by atoms with Crippen molar-refractivity contribution in [2.45, 2.75) is 43.7 Å². The fraction of sp³-hybridized carbons (Fsp3) is 0.333. The number of amides is 1. The number of carbonyl (C=O) groups excluding carboxylic acids is 1. The third-order valence-electron chi connectivity index (χ3n) is 5.13. The highest BCUT2D eigenvalue weighted by Gasteiger charge is 2.31. The van der Waals surface area contributed by atoms with Crippen molar-refractivity contribution >= 4 is 21.6 Å². The van der Waals surface area contributed by atoms with E-state index in [-0.39, 0.29) is 12.0 Å². The van der Waals surface area contributed by atoms with Gasteiger partial charge < -0.3 is 5.32 Å². The predicted molar refractivity (Wildman–Crippen MR) is 116 cm³/mol. The Morgan fingerprint density at radius 2 is 1.91 bits per heavy atom. The van der Waals surface area contributed by atoms with E-state index in [1.165, 1.54) is 12.1 Å². The SMILES string of the molecule is CC(C)[C@H](NS(=O)(=O)c1ccccc1F)C(=O)Nc1cccc(-c2nnnn2C2CC2)c1. The molecule has 1 aliphatic carbocycles. The van der Waals surface area contributed by atoms with Crippen LogP contribution in [0.4, 0.5) is 10.1 Å². The number of benzene rings is 2. The zero-order valence-corrected chi connectivity index (χ0v) is 18.4. The molecule has 9 nitrogen and oxygen atoms in total. The minimum Gasteiger partial charge on any atom is -0.325 e. The Morgan fingerprint density at radius 3 is 2.59 bits per heavy atom. The first-order valence-corrected chi connectivity index (χ1v) is 11.7. The van der Waals surface area contributed by atoms with Crippen molar-refractivity contribution in [3.05, 3.63) is 54.3 Å². The Hall–Kier alpha value is -3.18. The summed E-state index contributed by atoms with van der Waals surface area (Å²) in [5, 5.41) is 14.6. The van der Waals surface area contributed by atoms with E-state index in [1.54, 1.807) is 36.7 Å². The van der Waals surface area contributed by atoms with Crippen molar-refractivity contribution < 1.29 is 17.6 Å². The van der Waals surface area contributed by atoms with Gasteiger partial charge in [0.1, 0.15) is 16.8 Å². The van der Waals surface area contributed by atoms with E-state index in [0.29, 0.717) is 11.5 Å². The summed E-state index contributed by atoms with van der Waals surface area (Å²) in [6.45, 7) is 3.41. The summed E-state index contributed by atoms with van der Waals surface area (Å²) in [5.74, 6) is -1.23. The molecule has 1 atom stereocenters. The second kappa shape index (κ2) is 8.75. The number of rotatable bonds is 8. The lowest BCUT2D eigenvalue weighted by Crippen LogP contribution is -2.47. The van der Waals surface area contributed by atoms with Gasteiger partial charge in [0.2, 0.25) is 15.9 Å². The van der Waals surface area contributed by atoms with E-state index < -0.39 is 32.7 Å². The predicted octanol–water partition coefficient (Wildman–Crippen LogP) is 2.76. The van der Waals surface area contributed by atoms with Crippen LogP contribution < -0.4 is 10.0 Å². The van der Waals surface area contributed by atoms with Crippen molar-refractivity contribution in [3.8, 4) is 11.4 Å². The quantitative estimate of drug-likeness (QED) is 0.536. The van der Waals surface area contributed by atoms with Gasteiger partial charge in [-0.25, -0.2) is 17.5 Å². The van der Waals surface area contributed by atoms with Crippen LogP contribution in [0.1, 0.15) is 32.7 Å². The number of carbonyl (C=O) groups is 1. The zero-order valence-electron chi connectivity index (χ0n) is 17.6. The summed E-state index contributed by atoms with van der Waals surface area (Å²) >= 11 is 0. The average molecular weight is 459 g/mol. The zero-order chi connectivity index (χ0) is 22.9. The van der Waals surface area contributed by atoms with Gasteiger partial charge in [-0.05, 0) is 53.5 Å². The number of nitrogens with zero attached hydrogens (tertiary/aromatic N) is 4. The molecule has 3 aromatic rings. The van der Waals surface area contributed by atoms with Crippen LogP contribution in [0.25, 0.3) is 11.4 Å². The lowest BCUT2D eigenvalue weighted by molar-refractivity contribution is -0.118. The summed E-state index contributed by atoms with van der Waals surface area (Å²) in [5.41, 5.74) is 1.20. The average Bonchev–Trinajstić information content (AvgIpc) is 3.48. The molecule has 1 amide bonds. The molecule has 168 valence electrons. The number of halogens is 1. The number of hydrogen-bond donors (Lipinski definition) is 2. The smallest absolute Gasteiger partial charge is 0.244 e. The molecule has 0 unspecified atom stereocenters. The first-order chi connectivity index (χ1) is 15.3. The summed E-state index contributed by atoms with van der Waals surface area (Å²) < 4.78 is 43.5. The molecular weight excluding hydrogens is 435 g/mol. The van der Waals surface area contributed by atoms with Gasteiger partial charge in [0, 0.05) is 11.3 Å². The molecule has 0 saturated heterocycles. The van der Waals surface area contributed by atoms with E-state index in [2.05, 4.69) is 25.6 Å². The van der Waals surface area contributed by atoms with Crippen LogP contribution in [0.3, 0.4) is 0 Å². The molecule has 1 aromatic heterocycles. The van der Waals surface area contributed by atoms with Crippen LogP contribution in [0, 0.1) is 11.7 Å². The van der Waals surface area contributed by atoms with Crippen LogP contribution in [-0.2, 0) is 14.8 Å². The summed E-state index contributed by atoms with van der Waals surface area (Å²) in [6.07, 6.45) is 2.04. The van der Waals surface area contributed by atoms with E-state index in [4.69, 9.17) is 0 Å². The van der Waals surface area contributed by atoms with Crippen LogP contribution >= 0.6 is 0 Å². The number of tetrazole rings is 1. The van der Waals surface area contributed by atoms with Crippen LogP contribution in [0.5, 0.6) is 0 Å². The van der Waals surface area contributed by atoms with Crippen LogP contribution in [0.2, 0.25) is 0 Å². The molecule has 32 heavy (non-hydrogen) atoms. The van der Waals surface area contributed by atoms with Crippen LogP contribution in [0.15, 0.2) is 53.4 Å². The van der Waals surface area contributed by atoms with Crippen molar-refractivity contribution in [1.82, 2.24) is 24.9 Å². The molecule has 1 heterocycles. The Kier molecular flexibility index (Phi) is 6.02. The highest BCUT2D eigenvalue weighted by atomic mass is 32.2. The molecule has 0 radical (unpaired) electrons. The molecule has 4 rings (SSSR count). The highest BCUT2D eigenvalue weighted by molar-refractivity contribution is 7.89. The molecule has 0 spiro atoms. The van der Waals surface area contributed by atoms with Gasteiger partial charge in [-0.1, -0.05) is 38.1 Å². The van der Waals surface area contributed by atoms with Gasteiger partial charge in [0.15, 0.2) is 5.82 Å². The van der Waals surface area contributed by atoms with E-state index in [9.17, 15) is 17.6 Å². The Labute approximate surface area is 185 Å². The van der Waals surface area contributed by atoms with E-state index in [1.807, 2.05) is 6.07 Å². The molecular formula is C21H23FN6O3S. The van der Waals surface area contributed by atoms with Crippen LogP contribution in [-0.4, -0.2) is 40.6 Å². The largest absolute Gasteiger partial charge is 0.325 e. The van der Waals surface area contributed by atoms with Crippen molar-refractivity contribution in [2.24, 2.45) is 5.92 Å². The lowest BCUT2D eigenvalue weighted by atomic mass is 10.0. The summed E-state index contributed by atoms with van der Waals surface area (Å²) in [6, 6.07) is 11.2. The molecule has 0 aliphatic heterocycles. The number of hydrogen-bond acceptors (Lipinski definition) is 6. The van der Waals surface area contributed by atoms with Gasteiger partial charge in [0.05, 0.1) is 6.04 Å². The van der Waals surface area contributed by atoms with E-state index in [0.717, 1.165) is 30.5 Å². The number of sulfonamides is 1. The lowest BCUT2D eigenvalue weighted by Gasteiger charge is -2.22. The topological polar surface area (TPSA) is 119 Å². The second-order valence-electron chi connectivity index (χ2n) is 8.02. The summed E-state index contributed by atoms with van der Waals surface area (Å²) in [7, 11) is -4.24. The highest BCUT2D eigenvalue weighted by Crippen LogP contribution is 2.36. The molecule has 2 aromatic carbocycles. The Balaban J connectivity index is 1.54. The number of aromatic nitrogens is 4. The fourth-order valence-corrected chi connectivity index (χ4v) is 4.71. The maximum absolute atomic E-state index is 14.0. The molecule has 2 N–H and O–H groups in total. The van der Waals surface area contributed by atoms with Crippen molar-refractivity contribution in [3.63, 3.8) is 0 Å². The van der Waals surface area contributed by atoms with Gasteiger partial charge in [-0.15, -0.1) is 5.10 Å². The summed E-state index contributed by atoms with van der Waals surface area (Å²) in [4.78, 5) is 12.4. The van der Waals surface area contributed by atoms with Gasteiger partial charge in [-0.2, -0.15) is 4.72 Å². The monoisotopic (exact) mass is 458 g/mol. The fourth-order valence-electron chi connectivity index (χ4n) is 3.29. The first-order valence-electron chi connectivity index (χ1n) is 10.2. The standard InChI is InChI=1S/C21H23FN6O3S/c1-13(2)19(25-32(30,31)18-9-4-3-8-17(18)22)21(29)23-15-7-5-6-14(12-15)20-24-26-27-28(20)16-10-11-16/h3-9,12-13,16,19,25H,10-11H2,1-2H3,(H,23,29)/t19-/m0/s1. The maximum atomic E-state index is 14.0. The number of nitrogens with one attached hydrogen (secondary N) is 2. The van der Waals surface area contributed by atoms with E-state index >= 15 is 0 Å². The molecule has 1 saturated carbocycles. The van der Waals surface area contributed by atoms with Gasteiger partial charge in [0.25, 0.3) is 0 Å². The Bertz CT molecular complexity index is 1240. The van der Waals surface area contributed by atoms with Gasteiger partial charge in [-0.3, -0.25) is 4.79 Å². The molecule has 1 aliphatic rings. The third kappa shape index (κ3) is 4.68. The molecule has 0 bridgehead atoms. The molecule has 11 heteroatoms.